The van der Waals surface area contributed by atoms with Crippen molar-refractivity contribution in [2.24, 2.45) is 5.92 Å². The Hall–Kier alpha value is -6.32. The molecule has 3 fully saturated rings. The van der Waals surface area contributed by atoms with E-state index >= 15 is 0 Å². The SMILES string of the molecule is CCC(NC(=O)OC)C(=O)N1CCCC1c1ncc(-c2ccc3c(c2)OC2(CCCCC2)n2c-3cc3cc(-c4cnc(C5CCCN5C(=O)C(NC(=O)OC)C(C)C)[nH]4)ccc32)[nH]1. The predicted octanol–water partition coefficient (Wildman–Crippen LogP) is 7.94. The summed E-state index contributed by atoms with van der Waals surface area (Å²) in [5, 5.41) is 6.49. The molecule has 3 aliphatic heterocycles. The van der Waals surface area contributed by atoms with Gasteiger partial charge >= 0.3 is 12.2 Å². The second-order valence-electron chi connectivity index (χ2n) is 17.7. The van der Waals surface area contributed by atoms with Crippen LogP contribution in [0.1, 0.15) is 109 Å². The van der Waals surface area contributed by atoms with E-state index in [2.05, 4.69) is 67.6 Å². The zero-order chi connectivity index (χ0) is 44.0. The number of aromatic nitrogens is 5. The highest BCUT2D eigenvalue weighted by molar-refractivity contribution is 5.93. The second kappa shape index (κ2) is 17.1. The van der Waals surface area contributed by atoms with Crippen molar-refractivity contribution in [3.8, 4) is 39.5 Å². The monoisotopic (exact) mass is 859 g/mol. The molecule has 6 heterocycles. The average molecular weight is 860 g/mol. The van der Waals surface area contributed by atoms with Gasteiger partial charge in [0.1, 0.15) is 29.5 Å². The average Bonchev–Trinajstić information content (AvgIpc) is 4.15. The van der Waals surface area contributed by atoms with Gasteiger partial charge in [-0.05, 0) is 81.2 Å². The standard InChI is InChI=1S/C47H57N9O7/c1-6-32(52-45(59)61-4)43(57)54-20-10-12-36(54)41-49-26-34(51-41)29-14-16-31-38-23-30-22-28(15-17-35(30)56(38)47(63-39(31)24-29)18-8-7-9-19-47)33-25-48-42(50-33)37-13-11-21-55(37)44(58)40(27(2)3)53-46(60)62-5/h14-17,22-27,32,36-37,40H,6-13,18-21H2,1-5H3,(H,48,50)(H,49,51)(H,52,59)(H,53,60). The normalized spacial score (nSPS) is 20.0. The number of hydrogen-bond donors (Lipinski definition) is 4. The number of amides is 4. The number of alkyl carbamates (subject to hydrolysis) is 2. The highest BCUT2D eigenvalue weighted by atomic mass is 16.5. The number of methoxy groups -OCH3 is 2. The zero-order valence-electron chi connectivity index (χ0n) is 36.7. The Morgan fingerprint density at radius 3 is 2.02 bits per heavy atom. The molecule has 1 aliphatic carbocycles. The smallest absolute Gasteiger partial charge is 0.407 e. The number of ether oxygens (including phenoxy) is 3. The van der Waals surface area contributed by atoms with Gasteiger partial charge in [-0.2, -0.15) is 0 Å². The molecule has 2 aromatic carbocycles. The highest BCUT2D eigenvalue weighted by Gasteiger charge is 2.43. The molecule has 63 heavy (non-hydrogen) atoms. The lowest BCUT2D eigenvalue weighted by atomic mass is 9.89. The van der Waals surface area contributed by atoms with Gasteiger partial charge in [0, 0.05) is 48.0 Å². The maximum absolute atomic E-state index is 13.8. The number of nitrogens with one attached hydrogen (secondary N) is 4. The molecule has 3 aromatic heterocycles. The fourth-order valence-electron chi connectivity index (χ4n) is 10.2. The molecule has 4 amide bonds. The van der Waals surface area contributed by atoms with Gasteiger partial charge in [0.25, 0.3) is 0 Å². The van der Waals surface area contributed by atoms with Crippen molar-refractivity contribution in [3.63, 3.8) is 0 Å². The highest BCUT2D eigenvalue weighted by Crippen LogP contribution is 2.51. The minimum Gasteiger partial charge on any atom is -0.467 e. The van der Waals surface area contributed by atoms with Gasteiger partial charge in [-0.1, -0.05) is 39.3 Å². The maximum atomic E-state index is 13.8. The van der Waals surface area contributed by atoms with Crippen LogP contribution >= 0.6 is 0 Å². The van der Waals surface area contributed by atoms with Gasteiger partial charge in [-0.3, -0.25) is 9.59 Å². The summed E-state index contributed by atoms with van der Waals surface area (Å²) < 4.78 is 19.1. The Balaban J connectivity index is 0.991. The molecule has 16 heteroatoms. The molecule has 4 aliphatic rings. The van der Waals surface area contributed by atoms with Crippen molar-refractivity contribution in [1.29, 1.82) is 0 Å². The predicted molar refractivity (Wildman–Crippen MR) is 235 cm³/mol. The molecule has 9 rings (SSSR count). The van der Waals surface area contributed by atoms with E-state index in [1.165, 1.54) is 14.2 Å². The van der Waals surface area contributed by atoms with Crippen molar-refractivity contribution >= 4 is 34.9 Å². The number of rotatable bonds is 10. The number of carbonyl (C=O) groups excluding carboxylic acids is 4. The van der Waals surface area contributed by atoms with Crippen LogP contribution in [0.4, 0.5) is 9.59 Å². The fraction of sp³-hybridized carbons (Fsp3) is 0.489. The van der Waals surface area contributed by atoms with Crippen molar-refractivity contribution in [3.05, 3.63) is 66.5 Å². The number of nitrogens with zero attached hydrogens (tertiary/aromatic N) is 5. The van der Waals surface area contributed by atoms with Crippen LogP contribution in [0.5, 0.6) is 5.75 Å². The summed E-state index contributed by atoms with van der Waals surface area (Å²) in [4.78, 5) is 71.7. The Kier molecular flexibility index (Phi) is 11.4. The first-order valence-electron chi connectivity index (χ1n) is 22.4. The van der Waals surface area contributed by atoms with Crippen molar-refractivity contribution in [1.82, 2.24) is 44.9 Å². The van der Waals surface area contributed by atoms with Crippen LogP contribution in [-0.4, -0.2) is 97.7 Å². The molecule has 4 atom stereocenters. The van der Waals surface area contributed by atoms with Crippen LogP contribution in [0.15, 0.2) is 54.9 Å². The molecular weight excluding hydrogens is 803 g/mol. The Bertz CT molecular complexity index is 2530. The van der Waals surface area contributed by atoms with Crippen molar-refractivity contribution in [2.45, 2.75) is 115 Å². The second-order valence-corrected chi connectivity index (χ2v) is 17.7. The first kappa shape index (κ1) is 42.0. The van der Waals surface area contributed by atoms with E-state index in [0.29, 0.717) is 25.3 Å². The molecule has 4 unspecified atom stereocenters. The van der Waals surface area contributed by atoms with Gasteiger partial charge in [0.15, 0.2) is 5.72 Å². The third-order valence-corrected chi connectivity index (χ3v) is 13.5. The van der Waals surface area contributed by atoms with Crippen LogP contribution in [0.2, 0.25) is 0 Å². The van der Waals surface area contributed by atoms with Gasteiger partial charge < -0.3 is 49.2 Å². The number of H-pyrrole nitrogens is 2. The summed E-state index contributed by atoms with van der Waals surface area (Å²) in [5.74, 6) is 1.87. The van der Waals surface area contributed by atoms with Crippen LogP contribution in [0.25, 0.3) is 44.7 Å². The van der Waals surface area contributed by atoms with Crippen LogP contribution in [0, 0.1) is 5.92 Å². The number of carbonyl (C=O) groups is 4. The molecule has 332 valence electrons. The molecule has 1 spiro atoms. The largest absolute Gasteiger partial charge is 0.467 e. The van der Waals surface area contributed by atoms with Gasteiger partial charge in [-0.25, -0.2) is 19.6 Å². The van der Waals surface area contributed by atoms with E-state index in [1.807, 2.05) is 43.0 Å². The summed E-state index contributed by atoms with van der Waals surface area (Å²) >= 11 is 0. The Morgan fingerprint density at radius 1 is 0.794 bits per heavy atom. The molecule has 0 radical (unpaired) electrons. The van der Waals surface area contributed by atoms with E-state index in [9.17, 15) is 19.2 Å². The molecule has 0 bridgehead atoms. The number of benzene rings is 2. The van der Waals surface area contributed by atoms with E-state index in [-0.39, 0.29) is 29.8 Å². The van der Waals surface area contributed by atoms with Gasteiger partial charge in [0.05, 0.1) is 61.3 Å². The first-order valence-corrected chi connectivity index (χ1v) is 22.4. The lowest BCUT2D eigenvalue weighted by Gasteiger charge is -2.44. The van der Waals surface area contributed by atoms with E-state index in [0.717, 1.165) is 114 Å². The number of likely N-dealkylation sites (tertiary alicyclic amines) is 2. The molecule has 2 saturated heterocycles. The van der Waals surface area contributed by atoms with Crippen molar-refractivity contribution in [2.75, 3.05) is 27.3 Å². The summed E-state index contributed by atoms with van der Waals surface area (Å²) in [6.07, 6.45) is 11.2. The number of fused-ring (bicyclic) bond motifs is 6. The zero-order valence-corrected chi connectivity index (χ0v) is 36.7. The van der Waals surface area contributed by atoms with Crippen LogP contribution in [0.3, 0.4) is 0 Å². The third-order valence-electron chi connectivity index (χ3n) is 13.5. The fourth-order valence-corrected chi connectivity index (χ4v) is 10.2. The quantitative estimate of drug-likeness (QED) is 0.108. The Morgan fingerprint density at radius 2 is 1.40 bits per heavy atom. The molecule has 5 aromatic rings. The van der Waals surface area contributed by atoms with E-state index < -0.39 is 30.0 Å². The minimum atomic E-state index is -0.701. The van der Waals surface area contributed by atoms with Gasteiger partial charge in [-0.15, -0.1) is 0 Å². The van der Waals surface area contributed by atoms with Gasteiger partial charge in [0.2, 0.25) is 11.8 Å². The lowest BCUT2D eigenvalue weighted by molar-refractivity contribution is -0.135. The number of imidazole rings is 2. The van der Waals surface area contributed by atoms with Crippen molar-refractivity contribution < 1.29 is 33.4 Å². The van der Waals surface area contributed by atoms with Crippen LogP contribution < -0.4 is 15.4 Å². The lowest BCUT2D eigenvalue weighted by Crippen LogP contribution is -2.51. The molecule has 16 nitrogen and oxygen atoms in total. The van der Waals surface area contributed by atoms with E-state index in [4.69, 9.17) is 24.2 Å². The number of hydrogen-bond acceptors (Lipinski definition) is 9. The van der Waals surface area contributed by atoms with E-state index in [1.54, 1.807) is 0 Å². The molecule has 4 N–H and O–H groups in total. The molecule has 1 saturated carbocycles. The Labute approximate surface area is 366 Å². The topological polar surface area (TPSA) is 189 Å². The summed E-state index contributed by atoms with van der Waals surface area (Å²) in [5.41, 5.74) is 6.34. The summed E-state index contributed by atoms with van der Waals surface area (Å²) in [7, 11) is 2.59. The first-order chi connectivity index (χ1) is 30.5. The third kappa shape index (κ3) is 7.66. The summed E-state index contributed by atoms with van der Waals surface area (Å²) in [6.45, 7) is 6.87. The molecular formula is C47H57N9O7. The van der Waals surface area contributed by atoms with Crippen LogP contribution in [-0.2, 0) is 24.8 Å². The summed E-state index contributed by atoms with van der Waals surface area (Å²) in [6, 6.07) is 13.3. The minimum absolute atomic E-state index is 0.117. The maximum Gasteiger partial charge on any atom is 0.407 e. The number of aromatic amines is 2.